The van der Waals surface area contributed by atoms with Crippen molar-refractivity contribution < 1.29 is 19.8 Å². The highest BCUT2D eigenvalue weighted by Crippen LogP contribution is 1.56. The summed E-state index contributed by atoms with van der Waals surface area (Å²) in [5.74, 6) is -3.65. The van der Waals surface area contributed by atoms with Crippen LogP contribution in [0.1, 0.15) is 0 Å². The lowest BCUT2D eigenvalue weighted by atomic mass is 10.7. The molecule has 0 aliphatic carbocycles. The van der Waals surface area contributed by atoms with Crippen molar-refractivity contribution >= 4 is 11.9 Å². The SMILES string of the molecule is O=C(O)C(=O)O.O=c1cc[nH]c(=O)[nH]1. The highest BCUT2D eigenvalue weighted by molar-refractivity contribution is 6.27. The Morgan fingerprint density at radius 1 is 1.14 bits per heavy atom. The van der Waals surface area contributed by atoms with E-state index in [-0.39, 0.29) is 5.56 Å². The predicted octanol–water partition coefficient (Wildman–Crippen LogP) is -1.78. The van der Waals surface area contributed by atoms with Gasteiger partial charge in [-0.15, -0.1) is 0 Å². The number of carbonyl (C=O) groups is 2. The van der Waals surface area contributed by atoms with E-state index in [9.17, 15) is 9.59 Å². The van der Waals surface area contributed by atoms with E-state index < -0.39 is 17.6 Å². The molecule has 0 atom stereocenters. The van der Waals surface area contributed by atoms with Crippen molar-refractivity contribution in [1.82, 2.24) is 9.97 Å². The van der Waals surface area contributed by atoms with Crippen LogP contribution < -0.4 is 11.2 Å². The maximum Gasteiger partial charge on any atom is 0.414 e. The fourth-order valence-corrected chi connectivity index (χ4v) is 0.383. The second-order valence-corrected chi connectivity index (χ2v) is 1.91. The van der Waals surface area contributed by atoms with Crippen molar-refractivity contribution in [3.8, 4) is 0 Å². The van der Waals surface area contributed by atoms with E-state index in [0.717, 1.165) is 0 Å². The minimum atomic E-state index is -1.82. The predicted molar refractivity (Wildman–Crippen MR) is 43.0 cm³/mol. The van der Waals surface area contributed by atoms with E-state index >= 15 is 0 Å². The summed E-state index contributed by atoms with van der Waals surface area (Å²) in [4.78, 5) is 42.9. The van der Waals surface area contributed by atoms with Crippen molar-refractivity contribution in [3.05, 3.63) is 33.1 Å². The van der Waals surface area contributed by atoms with Crippen LogP contribution in [0.2, 0.25) is 0 Å². The molecule has 1 aromatic rings. The summed E-state index contributed by atoms with van der Waals surface area (Å²) in [5, 5.41) is 14.8. The molecule has 0 aliphatic heterocycles. The summed E-state index contributed by atoms with van der Waals surface area (Å²) in [6.45, 7) is 0. The number of hydrogen-bond donors (Lipinski definition) is 4. The van der Waals surface area contributed by atoms with Gasteiger partial charge in [-0.1, -0.05) is 0 Å². The molecular formula is C6H6N2O6. The fraction of sp³-hybridized carbons (Fsp3) is 0. The van der Waals surface area contributed by atoms with E-state index in [1.165, 1.54) is 12.3 Å². The van der Waals surface area contributed by atoms with Crippen LogP contribution in [0.4, 0.5) is 0 Å². The van der Waals surface area contributed by atoms with Crippen LogP contribution in [0.5, 0.6) is 0 Å². The molecule has 76 valence electrons. The molecule has 0 saturated carbocycles. The number of rotatable bonds is 0. The zero-order chi connectivity index (χ0) is 11.1. The molecular weight excluding hydrogens is 196 g/mol. The second kappa shape index (κ2) is 5.30. The van der Waals surface area contributed by atoms with Gasteiger partial charge in [0.15, 0.2) is 0 Å². The lowest BCUT2D eigenvalue weighted by molar-refractivity contribution is -0.159. The number of aromatic nitrogens is 2. The third-order valence-electron chi connectivity index (χ3n) is 0.869. The number of nitrogens with one attached hydrogen (secondary N) is 2. The van der Waals surface area contributed by atoms with Gasteiger partial charge in [0.2, 0.25) is 0 Å². The van der Waals surface area contributed by atoms with Gasteiger partial charge < -0.3 is 15.2 Å². The second-order valence-electron chi connectivity index (χ2n) is 1.91. The average Bonchev–Trinajstić information content (AvgIpc) is 2.04. The molecule has 0 saturated heterocycles. The summed E-state index contributed by atoms with van der Waals surface area (Å²) < 4.78 is 0. The summed E-state index contributed by atoms with van der Waals surface area (Å²) in [6, 6.07) is 1.24. The lowest BCUT2D eigenvalue weighted by Gasteiger charge is -1.75. The molecule has 8 nitrogen and oxygen atoms in total. The summed E-state index contributed by atoms with van der Waals surface area (Å²) in [6.07, 6.45) is 1.29. The first kappa shape index (κ1) is 11.6. The summed E-state index contributed by atoms with van der Waals surface area (Å²) in [5.41, 5.74) is -0.855. The Balaban J connectivity index is 0.000000255. The Morgan fingerprint density at radius 2 is 1.64 bits per heavy atom. The molecule has 0 unspecified atom stereocenters. The average molecular weight is 202 g/mol. The van der Waals surface area contributed by atoms with Gasteiger partial charge >= 0.3 is 17.6 Å². The highest BCUT2D eigenvalue weighted by atomic mass is 16.4. The van der Waals surface area contributed by atoms with Gasteiger partial charge in [0.25, 0.3) is 5.56 Å². The Bertz CT molecular complexity index is 393. The van der Waals surface area contributed by atoms with Gasteiger partial charge in [-0.05, 0) is 0 Å². The quantitative estimate of drug-likeness (QED) is 0.366. The van der Waals surface area contributed by atoms with Crippen LogP contribution >= 0.6 is 0 Å². The maximum absolute atomic E-state index is 10.2. The van der Waals surface area contributed by atoms with Gasteiger partial charge in [-0.2, -0.15) is 0 Å². The molecule has 1 heterocycles. The normalized spacial score (nSPS) is 8.29. The van der Waals surface area contributed by atoms with Crippen LogP contribution in [-0.4, -0.2) is 32.1 Å². The minimum absolute atomic E-state index is 0.381. The van der Waals surface area contributed by atoms with Crippen molar-refractivity contribution in [2.45, 2.75) is 0 Å². The van der Waals surface area contributed by atoms with Crippen LogP contribution in [0.15, 0.2) is 21.9 Å². The van der Waals surface area contributed by atoms with E-state index in [1.807, 2.05) is 4.98 Å². The Hall–Kier alpha value is -2.38. The van der Waals surface area contributed by atoms with Crippen molar-refractivity contribution in [2.75, 3.05) is 0 Å². The third kappa shape index (κ3) is 5.29. The van der Waals surface area contributed by atoms with Crippen LogP contribution in [0.25, 0.3) is 0 Å². The van der Waals surface area contributed by atoms with Crippen molar-refractivity contribution in [1.29, 1.82) is 0 Å². The van der Waals surface area contributed by atoms with E-state index in [2.05, 4.69) is 4.98 Å². The van der Waals surface area contributed by atoms with E-state index in [4.69, 9.17) is 19.8 Å². The first-order chi connectivity index (χ1) is 6.43. The van der Waals surface area contributed by atoms with Crippen molar-refractivity contribution in [3.63, 3.8) is 0 Å². The van der Waals surface area contributed by atoms with Gasteiger partial charge in [0.05, 0.1) is 0 Å². The van der Waals surface area contributed by atoms with Gasteiger partial charge in [0.1, 0.15) is 0 Å². The number of hydrogen-bond acceptors (Lipinski definition) is 4. The number of carboxylic acid groups (broad SMARTS) is 2. The molecule has 8 heteroatoms. The number of aromatic amines is 2. The smallest absolute Gasteiger partial charge is 0.414 e. The molecule has 0 radical (unpaired) electrons. The van der Waals surface area contributed by atoms with Gasteiger partial charge in [-0.3, -0.25) is 9.78 Å². The van der Waals surface area contributed by atoms with E-state index in [0.29, 0.717) is 0 Å². The number of carboxylic acids is 2. The van der Waals surface area contributed by atoms with Gasteiger partial charge in [0, 0.05) is 12.3 Å². The zero-order valence-electron chi connectivity index (χ0n) is 6.68. The summed E-state index contributed by atoms with van der Waals surface area (Å²) in [7, 11) is 0. The fourth-order valence-electron chi connectivity index (χ4n) is 0.383. The Morgan fingerprint density at radius 3 is 1.86 bits per heavy atom. The van der Waals surface area contributed by atoms with Crippen LogP contribution in [0.3, 0.4) is 0 Å². The lowest BCUT2D eigenvalue weighted by Crippen LogP contribution is -2.19. The molecule has 14 heavy (non-hydrogen) atoms. The standard InChI is InChI=1S/C4H4N2O2.C2H2O4/c7-3-1-2-5-4(8)6-3;3-1(4)2(5)6/h1-2H,(H2,5,6,7,8);(H,3,4)(H,5,6). The zero-order valence-corrected chi connectivity index (χ0v) is 6.68. The Labute approximate surface area is 75.8 Å². The molecule has 0 aliphatic rings. The van der Waals surface area contributed by atoms with Crippen LogP contribution in [-0.2, 0) is 9.59 Å². The first-order valence-electron chi connectivity index (χ1n) is 3.17. The number of H-pyrrole nitrogens is 2. The molecule has 0 bridgehead atoms. The largest absolute Gasteiger partial charge is 0.473 e. The molecule has 4 N–H and O–H groups in total. The molecule has 0 spiro atoms. The minimum Gasteiger partial charge on any atom is -0.473 e. The Kier molecular flexibility index (Phi) is 4.40. The van der Waals surface area contributed by atoms with Crippen LogP contribution in [0, 0.1) is 0 Å². The first-order valence-corrected chi connectivity index (χ1v) is 3.17. The highest BCUT2D eigenvalue weighted by Gasteiger charge is 2.04. The maximum atomic E-state index is 10.2. The van der Waals surface area contributed by atoms with Gasteiger partial charge in [-0.25, -0.2) is 14.4 Å². The molecule has 1 aromatic heterocycles. The third-order valence-corrected chi connectivity index (χ3v) is 0.869. The topological polar surface area (TPSA) is 140 Å². The molecule has 1 rings (SSSR count). The monoisotopic (exact) mass is 202 g/mol. The molecule has 0 amide bonds. The summed E-state index contributed by atoms with van der Waals surface area (Å²) >= 11 is 0. The van der Waals surface area contributed by atoms with Crippen molar-refractivity contribution in [2.24, 2.45) is 0 Å². The molecule has 0 aromatic carbocycles. The number of aliphatic carboxylic acids is 2. The van der Waals surface area contributed by atoms with E-state index in [1.54, 1.807) is 0 Å². The molecule has 0 fully saturated rings.